The van der Waals surface area contributed by atoms with Gasteiger partial charge >= 0.3 is 0 Å². The van der Waals surface area contributed by atoms with E-state index in [1.807, 2.05) is 33.8 Å². The van der Waals surface area contributed by atoms with E-state index in [4.69, 9.17) is 9.47 Å². The zero-order chi connectivity index (χ0) is 31.1. The van der Waals surface area contributed by atoms with Gasteiger partial charge in [0.05, 0.1) is 24.3 Å². The zero-order valence-electron chi connectivity index (χ0n) is 25.4. The summed E-state index contributed by atoms with van der Waals surface area (Å²) in [5.74, 6) is 0.0000373. The van der Waals surface area contributed by atoms with E-state index in [0.717, 1.165) is 15.4 Å². The molecule has 0 aliphatic carbocycles. The maximum atomic E-state index is 14.2. The van der Waals surface area contributed by atoms with Crippen LogP contribution in [0.3, 0.4) is 0 Å². The number of nitrogens with one attached hydrogen (secondary N) is 1. The minimum absolute atomic E-state index is 0.0325. The number of para-hydroxylation sites is 2. The Morgan fingerprint density at radius 2 is 1.64 bits per heavy atom. The quantitative estimate of drug-likeness (QED) is 0.318. The van der Waals surface area contributed by atoms with Crippen molar-refractivity contribution in [2.24, 2.45) is 0 Å². The monoisotopic (exact) mass is 595 g/mol. The topological polar surface area (TPSA) is 105 Å². The standard InChI is InChI=1S/C32H41N3O6S/c1-8-41-29-15-10-9-14-28(29)35(42(38,39)27-18-16-23(2)17-19-27)22-30(36)34(24(3)31(37)33-32(4,5)6)21-25-12-11-13-26(20-25)40-7/h9-20,24H,8,21-22H2,1-7H3,(H,33,37)/t24-/m1/s1. The van der Waals surface area contributed by atoms with E-state index in [1.54, 1.807) is 75.6 Å². The van der Waals surface area contributed by atoms with Crippen molar-refractivity contribution in [1.82, 2.24) is 10.2 Å². The molecule has 226 valence electrons. The van der Waals surface area contributed by atoms with Crippen LogP contribution in [0.1, 0.15) is 45.7 Å². The number of aryl methyl sites for hydroxylation is 1. The third kappa shape index (κ3) is 8.25. The average Bonchev–Trinajstić information content (AvgIpc) is 2.94. The van der Waals surface area contributed by atoms with Crippen LogP contribution >= 0.6 is 0 Å². The minimum atomic E-state index is -4.21. The predicted molar refractivity (Wildman–Crippen MR) is 164 cm³/mol. The molecular formula is C32H41N3O6S. The van der Waals surface area contributed by atoms with Crippen LogP contribution in [0.15, 0.2) is 77.7 Å². The highest BCUT2D eigenvalue weighted by Crippen LogP contribution is 2.33. The lowest BCUT2D eigenvalue weighted by Crippen LogP contribution is -2.54. The van der Waals surface area contributed by atoms with Crippen molar-refractivity contribution in [3.63, 3.8) is 0 Å². The van der Waals surface area contributed by atoms with Crippen LogP contribution in [0.2, 0.25) is 0 Å². The Morgan fingerprint density at radius 3 is 2.26 bits per heavy atom. The lowest BCUT2D eigenvalue weighted by atomic mass is 10.1. The van der Waals surface area contributed by atoms with Gasteiger partial charge in [0, 0.05) is 12.1 Å². The molecule has 9 nitrogen and oxygen atoms in total. The second kappa shape index (κ2) is 13.7. The van der Waals surface area contributed by atoms with Gasteiger partial charge in [0.2, 0.25) is 11.8 Å². The van der Waals surface area contributed by atoms with Crippen LogP contribution in [0.5, 0.6) is 11.5 Å². The number of methoxy groups -OCH3 is 1. The Morgan fingerprint density at radius 1 is 0.976 bits per heavy atom. The highest BCUT2D eigenvalue weighted by atomic mass is 32.2. The molecule has 0 aliphatic rings. The van der Waals surface area contributed by atoms with Gasteiger partial charge < -0.3 is 19.7 Å². The largest absolute Gasteiger partial charge is 0.497 e. The van der Waals surface area contributed by atoms with Gasteiger partial charge in [-0.1, -0.05) is 42.0 Å². The molecule has 2 amide bonds. The van der Waals surface area contributed by atoms with Crippen LogP contribution in [0, 0.1) is 6.92 Å². The molecular weight excluding hydrogens is 554 g/mol. The Hall–Kier alpha value is -4.05. The van der Waals surface area contributed by atoms with Gasteiger partial charge in [-0.3, -0.25) is 13.9 Å². The number of ether oxygens (including phenoxy) is 2. The Bertz CT molecular complexity index is 1480. The SMILES string of the molecule is CCOc1ccccc1N(CC(=O)N(Cc1cccc(OC)c1)[C@H](C)C(=O)NC(C)(C)C)S(=O)(=O)c1ccc(C)cc1. The number of anilines is 1. The van der Waals surface area contributed by atoms with Crippen LogP contribution in [0.4, 0.5) is 5.69 Å². The number of sulfonamides is 1. The van der Waals surface area contributed by atoms with Crippen LogP contribution < -0.4 is 19.1 Å². The van der Waals surface area contributed by atoms with Crippen LogP contribution in [-0.4, -0.2) is 57.0 Å². The van der Waals surface area contributed by atoms with Crippen LogP contribution in [0.25, 0.3) is 0 Å². The molecule has 42 heavy (non-hydrogen) atoms. The Labute approximate surface area is 249 Å². The molecule has 3 rings (SSSR count). The summed E-state index contributed by atoms with van der Waals surface area (Å²) in [6.07, 6.45) is 0. The van der Waals surface area contributed by atoms with Gasteiger partial charge in [0.25, 0.3) is 10.0 Å². The Kier molecular flexibility index (Phi) is 10.6. The van der Waals surface area contributed by atoms with Crippen molar-refractivity contribution in [2.75, 3.05) is 24.6 Å². The van der Waals surface area contributed by atoms with Crippen molar-refractivity contribution in [1.29, 1.82) is 0 Å². The fourth-order valence-electron chi connectivity index (χ4n) is 4.32. The molecule has 0 radical (unpaired) electrons. The normalized spacial score (nSPS) is 12.3. The van der Waals surface area contributed by atoms with E-state index in [9.17, 15) is 18.0 Å². The van der Waals surface area contributed by atoms with Crippen molar-refractivity contribution in [3.8, 4) is 11.5 Å². The summed E-state index contributed by atoms with van der Waals surface area (Å²) in [5.41, 5.74) is 1.31. The van der Waals surface area contributed by atoms with Crippen LogP contribution in [-0.2, 0) is 26.2 Å². The van der Waals surface area contributed by atoms with Gasteiger partial charge in [-0.2, -0.15) is 0 Å². The van der Waals surface area contributed by atoms with Crippen molar-refractivity contribution >= 4 is 27.5 Å². The van der Waals surface area contributed by atoms with Gasteiger partial charge in [0.1, 0.15) is 24.1 Å². The first kappa shape index (κ1) is 32.5. The summed E-state index contributed by atoms with van der Waals surface area (Å²) >= 11 is 0. The second-order valence-corrected chi connectivity index (χ2v) is 12.9. The van der Waals surface area contributed by atoms with E-state index in [-0.39, 0.29) is 23.0 Å². The van der Waals surface area contributed by atoms with E-state index in [2.05, 4.69) is 5.32 Å². The summed E-state index contributed by atoms with van der Waals surface area (Å²) in [5, 5.41) is 2.93. The van der Waals surface area contributed by atoms with E-state index < -0.39 is 34.1 Å². The number of hydrogen-bond donors (Lipinski definition) is 1. The summed E-state index contributed by atoms with van der Waals surface area (Å²) in [7, 11) is -2.67. The lowest BCUT2D eigenvalue weighted by Gasteiger charge is -2.33. The predicted octanol–water partition coefficient (Wildman–Crippen LogP) is 4.93. The number of carbonyl (C=O) groups is 2. The fourth-order valence-corrected chi connectivity index (χ4v) is 5.74. The van der Waals surface area contributed by atoms with Crippen molar-refractivity contribution in [2.45, 2.75) is 64.6 Å². The molecule has 0 saturated heterocycles. The minimum Gasteiger partial charge on any atom is -0.497 e. The third-order valence-electron chi connectivity index (χ3n) is 6.47. The van der Waals surface area contributed by atoms with E-state index in [0.29, 0.717) is 18.1 Å². The highest BCUT2D eigenvalue weighted by molar-refractivity contribution is 7.92. The van der Waals surface area contributed by atoms with Crippen molar-refractivity contribution in [3.05, 3.63) is 83.9 Å². The molecule has 0 unspecified atom stereocenters. The Balaban J connectivity index is 2.10. The average molecular weight is 596 g/mol. The molecule has 0 heterocycles. The molecule has 1 N–H and O–H groups in total. The first-order chi connectivity index (χ1) is 19.8. The summed E-state index contributed by atoms with van der Waals surface area (Å²) < 4.78 is 40.4. The molecule has 3 aromatic rings. The number of carbonyl (C=O) groups excluding carboxylic acids is 2. The molecule has 1 atom stereocenters. The molecule has 0 saturated carbocycles. The van der Waals surface area contributed by atoms with Gasteiger partial charge in [-0.15, -0.1) is 0 Å². The number of benzene rings is 3. The summed E-state index contributed by atoms with van der Waals surface area (Å²) in [6.45, 7) is 10.7. The first-order valence-electron chi connectivity index (χ1n) is 13.8. The molecule has 0 spiro atoms. The summed E-state index contributed by atoms with van der Waals surface area (Å²) in [4.78, 5) is 28.9. The van der Waals surface area contributed by atoms with E-state index in [1.165, 1.54) is 17.0 Å². The number of amides is 2. The first-order valence-corrected chi connectivity index (χ1v) is 15.3. The maximum Gasteiger partial charge on any atom is 0.264 e. The molecule has 0 aliphatic heterocycles. The molecule has 0 bridgehead atoms. The highest BCUT2D eigenvalue weighted by Gasteiger charge is 2.34. The molecule has 0 aromatic heterocycles. The zero-order valence-corrected chi connectivity index (χ0v) is 26.2. The molecule has 3 aromatic carbocycles. The number of rotatable bonds is 12. The third-order valence-corrected chi connectivity index (χ3v) is 8.25. The van der Waals surface area contributed by atoms with E-state index >= 15 is 0 Å². The summed E-state index contributed by atoms with van der Waals surface area (Å²) in [6, 6.07) is 19.4. The second-order valence-electron chi connectivity index (χ2n) is 11.0. The number of nitrogens with zero attached hydrogens (tertiary/aromatic N) is 2. The van der Waals surface area contributed by atoms with Crippen molar-refractivity contribution < 1.29 is 27.5 Å². The number of hydrogen-bond acceptors (Lipinski definition) is 6. The van der Waals surface area contributed by atoms with Gasteiger partial charge in [-0.25, -0.2) is 8.42 Å². The smallest absolute Gasteiger partial charge is 0.264 e. The lowest BCUT2D eigenvalue weighted by molar-refractivity contribution is -0.140. The maximum absolute atomic E-state index is 14.2. The van der Waals surface area contributed by atoms with Gasteiger partial charge in [0.15, 0.2) is 0 Å². The fraction of sp³-hybridized carbons (Fsp3) is 0.375. The van der Waals surface area contributed by atoms with Gasteiger partial charge in [-0.05, 0) is 83.5 Å². The molecule has 10 heteroatoms. The molecule has 0 fully saturated rings.